The van der Waals surface area contributed by atoms with Crippen LogP contribution in [0, 0.1) is 0 Å². The van der Waals surface area contributed by atoms with Crippen molar-refractivity contribution in [2.24, 2.45) is 0 Å². The molecule has 1 N–H and O–H groups in total. The third-order valence-corrected chi connectivity index (χ3v) is 8.94. The molecule has 0 radical (unpaired) electrons. The zero-order valence-corrected chi connectivity index (χ0v) is 25.6. The highest BCUT2D eigenvalue weighted by molar-refractivity contribution is 5.64. The normalized spacial score (nSPS) is 17.1. The van der Waals surface area contributed by atoms with Gasteiger partial charge < -0.3 is 29.0 Å². The monoisotopic (exact) mass is 574 g/mol. The van der Waals surface area contributed by atoms with Gasteiger partial charge in [0, 0.05) is 50.6 Å². The van der Waals surface area contributed by atoms with Gasteiger partial charge in [0.1, 0.15) is 18.1 Å². The van der Waals surface area contributed by atoms with Crippen molar-refractivity contribution in [2.75, 3.05) is 59.1 Å². The predicted octanol–water partition coefficient (Wildman–Crippen LogP) is 6.20. The molecule has 0 aromatic heterocycles. The van der Waals surface area contributed by atoms with E-state index in [1.165, 1.54) is 27.9 Å². The first-order valence-electron chi connectivity index (χ1n) is 15.3. The Morgan fingerprint density at radius 3 is 2.36 bits per heavy atom. The number of likely N-dealkylation sites (N-methyl/N-ethyl adjacent to an activating group) is 1. The van der Waals surface area contributed by atoms with Crippen LogP contribution in [0.3, 0.4) is 0 Å². The summed E-state index contributed by atoms with van der Waals surface area (Å²) in [7, 11) is 5.58. The first kappa shape index (κ1) is 30.1. The molecule has 1 fully saturated rings. The van der Waals surface area contributed by atoms with Crippen molar-refractivity contribution >= 4 is 5.69 Å². The minimum Gasteiger partial charge on any atom is -0.508 e. The molecule has 7 nitrogen and oxygen atoms in total. The number of aromatic hydroxyl groups is 1. The largest absolute Gasteiger partial charge is 0.508 e. The first-order chi connectivity index (χ1) is 20.5. The van der Waals surface area contributed by atoms with Gasteiger partial charge in [-0.05, 0) is 105 Å². The van der Waals surface area contributed by atoms with Crippen LogP contribution in [-0.4, -0.2) is 70.2 Å². The fourth-order valence-electron chi connectivity index (χ4n) is 6.39. The second-order valence-electron chi connectivity index (χ2n) is 11.5. The lowest BCUT2D eigenvalue weighted by molar-refractivity contribution is 0.0392. The molecule has 0 spiro atoms. The number of rotatable bonds is 12. The van der Waals surface area contributed by atoms with E-state index in [1.54, 1.807) is 20.3 Å². The third-order valence-electron chi connectivity index (χ3n) is 8.94. The Morgan fingerprint density at radius 1 is 0.905 bits per heavy atom. The molecule has 1 saturated heterocycles. The number of nitrogens with zero attached hydrogens (tertiary/aromatic N) is 2. The molecule has 1 unspecified atom stereocenters. The number of phenolic OH excluding ortho intramolecular Hbond substituents is 1. The van der Waals surface area contributed by atoms with Crippen LogP contribution in [0.1, 0.15) is 54.4 Å². The van der Waals surface area contributed by atoms with Gasteiger partial charge in [0.05, 0.1) is 14.2 Å². The maximum absolute atomic E-state index is 9.97. The molecule has 5 rings (SSSR count). The first-order valence-corrected chi connectivity index (χ1v) is 15.3. The van der Waals surface area contributed by atoms with E-state index in [0.717, 1.165) is 82.2 Å². The van der Waals surface area contributed by atoms with E-state index >= 15 is 0 Å². The molecule has 0 amide bonds. The molecule has 226 valence electrons. The molecule has 1 heterocycles. The topological polar surface area (TPSA) is 63.6 Å². The average Bonchev–Trinajstić information content (AvgIpc) is 3.03. The maximum atomic E-state index is 9.97. The van der Waals surface area contributed by atoms with Crippen molar-refractivity contribution in [2.45, 2.75) is 57.5 Å². The van der Waals surface area contributed by atoms with Gasteiger partial charge in [0.15, 0.2) is 11.5 Å². The number of hydrogen-bond acceptors (Lipinski definition) is 7. The SMILES string of the molecule is CCN(Cc1ccc(OCCN(C)C2CCOCC2)cc1)c1cc(OC)c(OC)cc1C1CCc2cc(O)ccc2C1. The Labute approximate surface area is 251 Å². The number of phenols is 1. The van der Waals surface area contributed by atoms with Crippen molar-refractivity contribution in [3.8, 4) is 23.0 Å². The summed E-state index contributed by atoms with van der Waals surface area (Å²) in [4.78, 5) is 4.81. The number of anilines is 1. The summed E-state index contributed by atoms with van der Waals surface area (Å²) in [5.74, 6) is 3.09. The van der Waals surface area contributed by atoms with E-state index in [-0.39, 0.29) is 0 Å². The Hall–Kier alpha value is -3.42. The minimum atomic E-state index is 0.343. The number of ether oxygens (including phenoxy) is 4. The van der Waals surface area contributed by atoms with Gasteiger partial charge in [-0.3, -0.25) is 4.90 Å². The van der Waals surface area contributed by atoms with Gasteiger partial charge in [0.2, 0.25) is 0 Å². The molecular weight excluding hydrogens is 528 g/mol. The van der Waals surface area contributed by atoms with Crippen LogP contribution in [0.2, 0.25) is 0 Å². The second-order valence-corrected chi connectivity index (χ2v) is 11.5. The summed E-state index contributed by atoms with van der Waals surface area (Å²) in [5, 5.41) is 9.97. The number of methoxy groups -OCH3 is 2. The average molecular weight is 575 g/mol. The molecule has 2 aliphatic rings. The van der Waals surface area contributed by atoms with Crippen LogP contribution in [0.25, 0.3) is 0 Å². The molecule has 42 heavy (non-hydrogen) atoms. The van der Waals surface area contributed by atoms with Crippen molar-refractivity contribution < 1.29 is 24.1 Å². The minimum absolute atomic E-state index is 0.343. The Balaban J connectivity index is 1.29. The lowest BCUT2D eigenvalue weighted by Gasteiger charge is -2.32. The van der Waals surface area contributed by atoms with Crippen LogP contribution in [-0.2, 0) is 24.1 Å². The van der Waals surface area contributed by atoms with E-state index in [9.17, 15) is 5.11 Å². The van der Waals surface area contributed by atoms with Crippen LogP contribution < -0.4 is 19.1 Å². The molecule has 1 aliphatic carbocycles. The lowest BCUT2D eigenvalue weighted by atomic mass is 9.79. The molecular formula is C35H46N2O5. The number of benzene rings is 3. The van der Waals surface area contributed by atoms with E-state index in [4.69, 9.17) is 18.9 Å². The number of hydrogen-bond donors (Lipinski definition) is 1. The Morgan fingerprint density at radius 2 is 1.64 bits per heavy atom. The standard InChI is InChI=1S/C35H46N2O5/c1-5-37(24-25-6-12-31(13-7-25)42-19-16-36(2)29-14-17-41-18-15-29)33-23-35(40-4)34(39-3)22-32(33)28-9-8-27-21-30(38)11-10-26(27)20-28/h6-7,10-13,21-23,28-29,38H,5,8-9,14-20,24H2,1-4H3. The highest BCUT2D eigenvalue weighted by Gasteiger charge is 2.26. The maximum Gasteiger partial charge on any atom is 0.162 e. The quantitative estimate of drug-likeness (QED) is 0.276. The van der Waals surface area contributed by atoms with Gasteiger partial charge in [-0.25, -0.2) is 0 Å². The lowest BCUT2D eigenvalue weighted by Crippen LogP contribution is -2.38. The summed E-state index contributed by atoms with van der Waals surface area (Å²) < 4.78 is 23.1. The van der Waals surface area contributed by atoms with Crippen LogP contribution >= 0.6 is 0 Å². The Kier molecular flexibility index (Phi) is 10.1. The summed E-state index contributed by atoms with van der Waals surface area (Å²) in [6.07, 6.45) is 5.09. The molecule has 7 heteroatoms. The van der Waals surface area contributed by atoms with Crippen molar-refractivity contribution in [3.05, 3.63) is 76.9 Å². The van der Waals surface area contributed by atoms with Gasteiger partial charge in [-0.15, -0.1) is 0 Å². The van der Waals surface area contributed by atoms with E-state index < -0.39 is 0 Å². The second kappa shape index (κ2) is 14.2. The van der Waals surface area contributed by atoms with Gasteiger partial charge in [0.25, 0.3) is 0 Å². The fourth-order valence-corrected chi connectivity index (χ4v) is 6.39. The molecule has 1 aliphatic heterocycles. The molecule has 3 aromatic carbocycles. The molecule has 0 bridgehead atoms. The molecule has 1 atom stereocenters. The highest BCUT2D eigenvalue weighted by atomic mass is 16.5. The van der Waals surface area contributed by atoms with Crippen LogP contribution in [0.15, 0.2) is 54.6 Å². The van der Waals surface area contributed by atoms with Crippen molar-refractivity contribution in [1.82, 2.24) is 4.90 Å². The summed E-state index contributed by atoms with van der Waals surface area (Å²) in [6.45, 7) is 7.14. The van der Waals surface area contributed by atoms with Crippen LogP contribution in [0.5, 0.6) is 23.0 Å². The van der Waals surface area contributed by atoms with E-state index in [0.29, 0.717) is 24.3 Å². The van der Waals surface area contributed by atoms with Crippen molar-refractivity contribution in [1.29, 1.82) is 0 Å². The molecule has 3 aromatic rings. The third kappa shape index (κ3) is 7.13. The van der Waals surface area contributed by atoms with Crippen molar-refractivity contribution in [3.63, 3.8) is 0 Å². The highest BCUT2D eigenvalue weighted by Crippen LogP contribution is 2.43. The number of aryl methyl sites for hydroxylation is 1. The summed E-state index contributed by atoms with van der Waals surface area (Å²) in [5.41, 5.74) is 6.25. The Bertz CT molecular complexity index is 1310. The summed E-state index contributed by atoms with van der Waals surface area (Å²) >= 11 is 0. The zero-order chi connectivity index (χ0) is 29.5. The zero-order valence-electron chi connectivity index (χ0n) is 25.6. The smallest absolute Gasteiger partial charge is 0.162 e. The van der Waals surface area contributed by atoms with E-state index in [1.807, 2.05) is 6.07 Å². The predicted molar refractivity (Wildman–Crippen MR) is 168 cm³/mol. The number of fused-ring (bicyclic) bond motifs is 1. The summed E-state index contributed by atoms with van der Waals surface area (Å²) in [6, 6.07) is 19.2. The molecule has 0 saturated carbocycles. The van der Waals surface area contributed by atoms with Crippen LogP contribution in [0.4, 0.5) is 5.69 Å². The van der Waals surface area contributed by atoms with Gasteiger partial charge >= 0.3 is 0 Å². The van der Waals surface area contributed by atoms with Gasteiger partial charge in [-0.2, -0.15) is 0 Å². The van der Waals surface area contributed by atoms with Gasteiger partial charge in [-0.1, -0.05) is 18.2 Å². The van der Waals surface area contributed by atoms with E-state index in [2.05, 4.69) is 66.2 Å². The fraction of sp³-hybridized carbons (Fsp3) is 0.486.